The van der Waals surface area contributed by atoms with Gasteiger partial charge in [0.2, 0.25) is 5.89 Å². The number of aryl methyl sites for hydroxylation is 1. The Morgan fingerprint density at radius 2 is 2.27 bits per heavy atom. The number of nitrogens with one attached hydrogen (secondary N) is 1. The van der Waals surface area contributed by atoms with Crippen molar-refractivity contribution in [2.24, 2.45) is 0 Å². The monoisotopic (exact) mass is 210 g/mol. The lowest BCUT2D eigenvalue weighted by Gasteiger charge is -2.36. The van der Waals surface area contributed by atoms with Crippen LogP contribution in [0.25, 0.3) is 0 Å². The predicted molar refractivity (Wildman–Crippen MR) is 56.4 cm³/mol. The Bertz CT molecular complexity index is 308. The van der Waals surface area contributed by atoms with Crippen molar-refractivity contribution in [2.75, 3.05) is 19.6 Å². The lowest BCUT2D eigenvalue weighted by atomic mass is 10.1. The first-order chi connectivity index (χ1) is 7.33. The van der Waals surface area contributed by atoms with Gasteiger partial charge in [-0.1, -0.05) is 19.0 Å². The average Bonchev–Trinajstić information content (AvgIpc) is 2.61. The second-order valence-electron chi connectivity index (χ2n) is 3.83. The molecular formula is C10H18N4O. The highest BCUT2D eigenvalue weighted by molar-refractivity contribution is 4.90. The molecule has 1 aliphatic rings. The van der Waals surface area contributed by atoms with Crippen molar-refractivity contribution in [2.45, 2.75) is 32.9 Å². The maximum Gasteiger partial charge on any atom is 0.240 e. The number of hydrogen-bond acceptors (Lipinski definition) is 5. The zero-order chi connectivity index (χ0) is 10.7. The Hall–Kier alpha value is -0.940. The summed E-state index contributed by atoms with van der Waals surface area (Å²) in [5.41, 5.74) is 0. The Labute approximate surface area is 89.8 Å². The molecule has 0 radical (unpaired) electrons. The molecule has 0 atom stereocenters. The quantitative estimate of drug-likeness (QED) is 0.763. The van der Waals surface area contributed by atoms with Crippen LogP contribution in [-0.4, -0.2) is 40.7 Å². The fourth-order valence-corrected chi connectivity index (χ4v) is 1.70. The van der Waals surface area contributed by atoms with Gasteiger partial charge >= 0.3 is 0 Å². The minimum Gasteiger partial charge on any atom is -0.338 e. The highest BCUT2D eigenvalue weighted by Crippen LogP contribution is 2.09. The van der Waals surface area contributed by atoms with Crippen molar-refractivity contribution in [3.63, 3.8) is 0 Å². The van der Waals surface area contributed by atoms with Gasteiger partial charge in [0.25, 0.3) is 0 Å². The molecule has 1 fully saturated rings. The largest absolute Gasteiger partial charge is 0.338 e. The number of likely N-dealkylation sites (N-methyl/N-ethyl adjacent to an activating group) is 1. The Kier molecular flexibility index (Phi) is 3.33. The number of aromatic nitrogens is 2. The molecule has 1 N–H and O–H groups in total. The third-order valence-corrected chi connectivity index (χ3v) is 2.85. The second-order valence-corrected chi connectivity index (χ2v) is 3.83. The topological polar surface area (TPSA) is 54.2 Å². The summed E-state index contributed by atoms with van der Waals surface area (Å²) in [5.74, 6) is 1.54. The molecule has 84 valence electrons. The van der Waals surface area contributed by atoms with Crippen molar-refractivity contribution >= 4 is 0 Å². The van der Waals surface area contributed by atoms with Crippen LogP contribution in [0.4, 0.5) is 0 Å². The molecule has 1 aliphatic heterocycles. The van der Waals surface area contributed by atoms with Gasteiger partial charge in [-0.2, -0.15) is 4.98 Å². The van der Waals surface area contributed by atoms with Gasteiger partial charge < -0.3 is 9.84 Å². The molecule has 0 amide bonds. The molecule has 15 heavy (non-hydrogen) atoms. The summed E-state index contributed by atoms with van der Waals surface area (Å²) in [5, 5.41) is 7.17. The van der Waals surface area contributed by atoms with Crippen LogP contribution in [-0.2, 0) is 13.0 Å². The van der Waals surface area contributed by atoms with Crippen LogP contribution in [0, 0.1) is 0 Å². The van der Waals surface area contributed by atoms with E-state index in [1.54, 1.807) is 0 Å². The molecule has 0 aromatic carbocycles. The molecule has 1 aromatic heterocycles. The van der Waals surface area contributed by atoms with Gasteiger partial charge in [-0.25, -0.2) is 0 Å². The van der Waals surface area contributed by atoms with Crippen LogP contribution in [0.2, 0.25) is 0 Å². The van der Waals surface area contributed by atoms with Crippen LogP contribution in [0.5, 0.6) is 0 Å². The first-order valence-electron chi connectivity index (χ1n) is 5.59. The third kappa shape index (κ3) is 2.35. The summed E-state index contributed by atoms with van der Waals surface area (Å²) in [6, 6.07) is 0.631. The molecule has 0 saturated carbocycles. The summed E-state index contributed by atoms with van der Waals surface area (Å²) in [4.78, 5) is 6.68. The van der Waals surface area contributed by atoms with Crippen LogP contribution in [0.1, 0.15) is 25.6 Å². The summed E-state index contributed by atoms with van der Waals surface area (Å²) in [7, 11) is 0. The van der Waals surface area contributed by atoms with E-state index in [0.717, 1.165) is 44.3 Å². The van der Waals surface area contributed by atoms with Crippen LogP contribution < -0.4 is 5.32 Å². The number of rotatable bonds is 5. The Morgan fingerprint density at radius 3 is 2.73 bits per heavy atom. The molecular weight excluding hydrogens is 192 g/mol. The molecule has 0 aliphatic carbocycles. The highest BCUT2D eigenvalue weighted by Gasteiger charge is 2.24. The Balaban J connectivity index is 1.93. The van der Waals surface area contributed by atoms with E-state index in [0.29, 0.717) is 6.04 Å². The van der Waals surface area contributed by atoms with Crippen molar-refractivity contribution in [3.05, 3.63) is 11.7 Å². The minimum absolute atomic E-state index is 0.631. The summed E-state index contributed by atoms with van der Waals surface area (Å²) in [6.45, 7) is 8.13. The summed E-state index contributed by atoms with van der Waals surface area (Å²) >= 11 is 0. The number of nitrogens with zero attached hydrogens (tertiary/aromatic N) is 3. The van der Waals surface area contributed by atoms with E-state index in [-0.39, 0.29) is 0 Å². The molecule has 0 bridgehead atoms. The molecule has 1 aromatic rings. The van der Waals surface area contributed by atoms with Crippen LogP contribution in [0.3, 0.4) is 0 Å². The molecule has 5 nitrogen and oxygen atoms in total. The van der Waals surface area contributed by atoms with Gasteiger partial charge in [0.15, 0.2) is 5.82 Å². The minimum atomic E-state index is 0.631. The van der Waals surface area contributed by atoms with E-state index in [1.165, 1.54) is 0 Å². The SMILES string of the molecule is CCc1noc(CN(CC)C2CNC2)n1. The predicted octanol–water partition coefficient (Wildman–Crippen LogP) is 0.426. The Morgan fingerprint density at radius 1 is 1.47 bits per heavy atom. The van der Waals surface area contributed by atoms with Crippen LogP contribution >= 0.6 is 0 Å². The molecule has 2 heterocycles. The number of hydrogen-bond donors (Lipinski definition) is 1. The standard InChI is InChI=1S/C10H18N4O/c1-3-9-12-10(15-13-9)7-14(4-2)8-5-11-6-8/h8,11H,3-7H2,1-2H3. The van der Waals surface area contributed by atoms with Gasteiger partial charge in [-0.15, -0.1) is 0 Å². The van der Waals surface area contributed by atoms with E-state index >= 15 is 0 Å². The van der Waals surface area contributed by atoms with Gasteiger partial charge in [0.1, 0.15) is 0 Å². The zero-order valence-corrected chi connectivity index (χ0v) is 9.36. The lowest BCUT2D eigenvalue weighted by molar-refractivity contribution is 0.129. The van der Waals surface area contributed by atoms with Gasteiger partial charge in [-0.3, -0.25) is 4.90 Å². The first-order valence-corrected chi connectivity index (χ1v) is 5.59. The zero-order valence-electron chi connectivity index (χ0n) is 9.36. The van der Waals surface area contributed by atoms with Gasteiger partial charge in [0, 0.05) is 25.6 Å². The first kappa shape index (κ1) is 10.6. The van der Waals surface area contributed by atoms with E-state index in [2.05, 4.69) is 27.3 Å². The van der Waals surface area contributed by atoms with E-state index in [9.17, 15) is 0 Å². The summed E-state index contributed by atoms with van der Waals surface area (Å²) < 4.78 is 5.18. The summed E-state index contributed by atoms with van der Waals surface area (Å²) in [6.07, 6.45) is 0.834. The smallest absolute Gasteiger partial charge is 0.240 e. The van der Waals surface area contributed by atoms with E-state index in [4.69, 9.17) is 4.52 Å². The molecule has 0 spiro atoms. The normalized spacial score (nSPS) is 17.0. The molecule has 2 rings (SSSR count). The van der Waals surface area contributed by atoms with E-state index in [1.807, 2.05) is 6.92 Å². The van der Waals surface area contributed by atoms with E-state index < -0.39 is 0 Å². The fraction of sp³-hybridized carbons (Fsp3) is 0.800. The second kappa shape index (κ2) is 4.72. The van der Waals surface area contributed by atoms with Crippen LogP contribution in [0.15, 0.2) is 4.52 Å². The van der Waals surface area contributed by atoms with Gasteiger partial charge in [-0.05, 0) is 6.54 Å². The van der Waals surface area contributed by atoms with Crippen molar-refractivity contribution in [1.82, 2.24) is 20.4 Å². The molecule has 5 heteroatoms. The molecule has 1 saturated heterocycles. The van der Waals surface area contributed by atoms with Crippen molar-refractivity contribution in [1.29, 1.82) is 0 Å². The lowest BCUT2D eigenvalue weighted by Crippen LogP contribution is -2.56. The maximum atomic E-state index is 5.18. The fourth-order valence-electron chi connectivity index (χ4n) is 1.70. The van der Waals surface area contributed by atoms with Crippen molar-refractivity contribution < 1.29 is 4.52 Å². The highest BCUT2D eigenvalue weighted by atomic mass is 16.5. The third-order valence-electron chi connectivity index (χ3n) is 2.85. The van der Waals surface area contributed by atoms with Crippen molar-refractivity contribution in [3.8, 4) is 0 Å². The molecule has 0 unspecified atom stereocenters. The average molecular weight is 210 g/mol. The van der Waals surface area contributed by atoms with Gasteiger partial charge in [0.05, 0.1) is 6.54 Å². The maximum absolute atomic E-state index is 5.18.